The van der Waals surface area contributed by atoms with Crippen LogP contribution in [0.15, 0.2) is 54.6 Å². The number of carbonyl (C=O) groups is 3. The van der Waals surface area contributed by atoms with Crippen molar-refractivity contribution >= 4 is 40.7 Å². The number of anilines is 2. The molecular formula is C23H16ClFN2O3. The summed E-state index contributed by atoms with van der Waals surface area (Å²) in [7, 11) is 0. The molecule has 0 unspecified atom stereocenters. The Morgan fingerprint density at radius 3 is 2.43 bits per heavy atom. The lowest BCUT2D eigenvalue weighted by Gasteiger charge is -2.17. The third-order valence-corrected chi connectivity index (χ3v) is 5.17. The summed E-state index contributed by atoms with van der Waals surface area (Å²) < 4.78 is 13.9. The van der Waals surface area contributed by atoms with Gasteiger partial charge in [0.05, 0.1) is 22.5 Å². The molecule has 7 heteroatoms. The molecule has 3 aromatic rings. The van der Waals surface area contributed by atoms with Crippen LogP contribution >= 0.6 is 11.6 Å². The van der Waals surface area contributed by atoms with E-state index in [0.717, 1.165) is 22.1 Å². The van der Waals surface area contributed by atoms with Crippen molar-refractivity contribution in [2.24, 2.45) is 0 Å². The number of hydrogen-bond donors (Lipinski definition) is 1. The van der Waals surface area contributed by atoms with E-state index in [1.807, 2.05) is 26.0 Å². The SMILES string of the molecule is Cc1ccc(C)c(N2C(=O)c3ccc(C(=O)Nc4cc(Cl)ccc4F)cc3C2=O)c1. The molecule has 0 spiro atoms. The minimum absolute atomic E-state index is 0.0765. The predicted molar refractivity (Wildman–Crippen MR) is 113 cm³/mol. The van der Waals surface area contributed by atoms with E-state index in [9.17, 15) is 18.8 Å². The van der Waals surface area contributed by atoms with Crippen LogP contribution < -0.4 is 10.2 Å². The Bertz CT molecular complexity index is 1240. The Balaban J connectivity index is 1.67. The van der Waals surface area contributed by atoms with Gasteiger partial charge in [0.25, 0.3) is 17.7 Å². The van der Waals surface area contributed by atoms with Crippen LogP contribution in [0.2, 0.25) is 5.02 Å². The summed E-state index contributed by atoms with van der Waals surface area (Å²) in [6.45, 7) is 3.69. The number of fused-ring (bicyclic) bond motifs is 1. The number of halogens is 2. The van der Waals surface area contributed by atoms with Crippen molar-refractivity contribution in [3.63, 3.8) is 0 Å². The maximum absolute atomic E-state index is 13.9. The fourth-order valence-corrected chi connectivity index (χ4v) is 3.52. The number of benzene rings is 3. The molecule has 30 heavy (non-hydrogen) atoms. The average Bonchev–Trinajstić information content (AvgIpc) is 2.96. The van der Waals surface area contributed by atoms with Crippen LogP contribution in [0.4, 0.5) is 15.8 Å². The van der Waals surface area contributed by atoms with Gasteiger partial charge in [0.2, 0.25) is 0 Å². The quantitative estimate of drug-likeness (QED) is 0.593. The van der Waals surface area contributed by atoms with Gasteiger partial charge in [-0.25, -0.2) is 9.29 Å². The van der Waals surface area contributed by atoms with Crippen LogP contribution in [0.3, 0.4) is 0 Å². The lowest BCUT2D eigenvalue weighted by atomic mass is 10.1. The number of imide groups is 1. The largest absolute Gasteiger partial charge is 0.319 e. The fraction of sp³-hybridized carbons (Fsp3) is 0.0870. The number of hydrogen-bond acceptors (Lipinski definition) is 3. The monoisotopic (exact) mass is 422 g/mol. The van der Waals surface area contributed by atoms with E-state index < -0.39 is 23.5 Å². The Morgan fingerprint density at radius 2 is 1.67 bits per heavy atom. The van der Waals surface area contributed by atoms with Crippen molar-refractivity contribution in [1.82, 2.24) is 0 Å². The summed E-state index contributed by atoms with van der Waals surface area (Å²) in [6, 6.07) is 13.5. The molecular weight excluding hydrogens is 407 g/mol. The molecule has 0 radical (unpaired) electrons. The molecule has 5 nitrogen and oxygen atoms in total. The van der Waals surface area contributed by atoms with Crippen LogP contribution in [-0.4, -0.2) is 17.7 Å². The van der Waals surface area contributed by atoms with Gasteiger partial charge in [0.1, 0.15) is 5.82 Å². The molecule has 3 amide bonds. The third kappa shape index (κ3) is 3.35. The van der Waals surface area contributed by atoms with Gasteiger partial charge < -0.3 is 5.32 Å². The highest BCUT2D eigenvalue weighted by molar-refractivity contribution is 6.35. The van der Waals surface area contributed by atoms with Crippen LogP contribution in [-0.2, 0) is 0 Å². The molecule has 3 aromatic carbocycles. The van der Waals surface area contributed by atoms with Gasteiger partial charge >= 0.3 is 0 Å². The lowest BCUT2D eigenvalue weighted by Crippen LogP contribution is -2.30. The van der Waals surface area contributed by atoms with Crippen LogP contribution in [0.1, 0.15) is 42.2 Å². The van der Waals surface area contributed by atoms with Gasteiger partial charge in [-0.15, -0.1) is 0 Å². The minimum atomic E-state index is -0.638. The third-order valence-electron chi connectivity index (χ3n) is 4.93. The highest BCUT2D eigenvalue weighted by Crippen LogP contribution is 2.32. The second-order valence-electron chi connectivity index (χ2n) is 7.07. The van der Waals surface area contributed by atoms with Gasteiger partial charge in [0.15, 0.2) is 0 Å². The van der Waals surface area contributed by atoms with Crippen molar-refractivity contribution in [2.45, 2.75) is 13.8 Å². The summed E-state index contributed by atoms with van der Waals surface area (Å²) in [4.78, 5) is 39.6. The summed E-state index contributed by atoms with van der Waals surface area (Å²) >= 11 is 5.85. The molecule has 1 aliphatic heterocycles. The first-order valence-corrected chi connectivity index (χ1v) is 9.50. The van der Waals surface area contributed by atoms with Crippen LogP contribution in [0.25, 0.3) is 0 Å². The van der Waals surface area contributed by atoms with Gasteiger partial charge in [-0.05, 0) is 67.4 Å². The molecule has 0 aromatic heterocycles. The Labute approximate surface area is 177 Å². The number of nitrogens with one attached hydrogen (secondary N) is 1. The first kappa shape index (κ1) is 19.8. The molecule has 0 fully saturated rings. The van der Waals surface area contributed by atoms with Crippen molar-refractivity contribution < 1.29 is 18.8 Å². The first-order valence-electron chi connectivity index (χ1n) is 9.13. The molecule has 0 saturated carbocycles. The molecule has 1 heterocycles. The van der Waals surface area contributed by atoms with E-state index in [1.54, 1.807) is 6.07 Å². The zero-order valence-electron chi connectivity index (χ0n) is 16.1. The van der Waals surface area contributed by atoms with E-state index in [-0.39, 0.29) is 27.4 Å². The summed E-state index contributed by atoms with van der Waals surface area (Å²) in [6.07, 6.45) is 0. The van der Waals surface area contributed by atoms with Gasteiger partial charge in [-0.2, -0.15) is 0 Å². The number of aryl methyl sites for hydroxylation is 2. The van der Waals surface area contributed by atoms with E-state index in [1.165, 1.54) is 30.3 Å². The van der Waals surface area contributed by atoms with E-state index in [4.69, 9.17) is 11.6 Å². The maximum Gasteiger partial charge on any atom is 0.266 e. The molecule has 0 bridgehead atoms. The van der Waals surface area contributed by atoms with Crippen molar-refractivity contribution in [3.05, 3.63) is 93.3 Å². The zero-order chi connectivity index (χ0) is 21.6. The Hall–Kier alpha value is -3.51. The van der Waals surface area contributed by atoms with Gasteiger partial charge in [0, 0.05) is 10.6 Å². The van der Waals surface area contributed by atoms with Crippen LogP contribution in [0, 0.1) is 19.7 Å². The second kappa shape index (κ2) is 7.39. The number of carbonyl (C=O) groups excluding carboxylic acids is 3. The summed E-state index contributed by atoms with van der Waals surface area (Å²) in [5, 5.41) is 2.70. The van der Waals surface area contributed by atoms with Crippen molar-refractivity contribution in [2.75, 3.05) is 10.2 Å². The van der Waals surface area contributed by atoms with E-state index in [0.29, 0.717) is 5.69 Å². The fourth-order valence-electron chi connectivity index (χ4n) is 3.35. The molecule has 0 saturated heterocycles. The number of rotatable bonds is 3. The van der Waals surface area contributed by atoms with Crippen molar-refractivity contribution in [1.29, 1.82) is 0 Å². The molecule has 0 atom stereocenters. The topological polar surface area (TPSA) is 66.5 Å². The smallest absolute Gasteiger partial charge is 0.266 e. The summed E-state index contributed by atoms with van der Waals surface area (Å²) in [5.74, 6) is -2.21. The Morgan fingerprint density at radius 1 is 0.933 bits per heavy atom. The molecule has 150 valence electrons. The maximum atomic E-state index is 13.9. The highest BCUT2D eigenvalue weighted by atomic mass is 35.5. The average molecular weight is 423 g/mol. The standard InChI is InChI=1S/C23H16ClFN2O3/c1-12-3-4-13(2)20(9-12)27-22(29)16-7-5-14(10-17(16)23(27)30)21(28)26-19-11-15(24)6-8-18(19)25/h3-11H,1-2H3,(H,26,28). The lowest BCUT2D eigenvalue weighted by molar-refractivity contribution is 0.0925. The minimum Gasteiger partial charge on any atom is -0.319 e. The number of nitrogens with zero attached hydrogens (tertiary/aromatic N) is 1. The van der Waals surface area contributed by atoms with Gasteiger partial charge in [-0.1, -0.05) is 23.7 Å². The Kier molecular flexibility index (Phi) is 4.87. The van der Waals surface area contributed by atoms with Crippen LogP contribution in [0.5, 0.6) is 0 Å². The highest BCUT2D eigenvalue weighted by Gasteiger charge is 2.37. The number of amides is 3. The predicted octanol–water partition coefficient (Wildman–Crippen LogP) is 5.15. The molecule has 1 aliphatic rings. The van der Waals surface area contributed by atoms with Gasteiger partial charge in [-0.3, -0.25) is 14.4 Å². The van der Waals surface area contributed by atoms with Crippen molar-refractivity contribution in [3.8, 4) is 0 Å². The molecule has 1 N–H and O–H groups in total. The normalized spacial score (nSPS) is 12.9. The molecule has 4 rings (SSSR count). The van der Waals surface area contributed by atoms with E-state index >= 15 is 0 Å². The second-order valence-corrected chi connectivity index (χ2v) is 7.51. The first-order chi connectivity index (χ1) is 14.3. The summed E-state index contributed by atoms with van der Waals surface area (Å²) in [5.41, 5.74) is 2.59. The molecule has 0 aliphatic carbocycles. The van der Waals surface area contributed by atoms with E-state index in [2.05, 4.69) is 5.32 Å². The zero-order valence-corrected chi connectivity index (χ0v) is 16.9.